The van der Waals surface area contributed by atoms with Crippen molar-refractivity contribution >= 4 is 17.3 Å². The summed E-state index contributed by atoms with van der Waals surface area (Å²) >= 11 is 1.67. The molecule has 0 spiro atoms. The summed E-state index contributed by atoms with van der Waals surface area (Å²) in [5.41, 5.74) is 0.853. The number of carboxylic acids is 1. The summed E-state index contributed by atoms with van der Waals surface area (Å²) in [7, 11) is 0. The third-order valence-corrected chi connectivity index (χ3v) is 4.51. The van der Waals surface area contributed by atoms with Gasteiger partial charge in [0.1, 0.15) is 5.82 Å². The van der Waals surface area contributed by atoms with Crippen molar-refractivity contribution in [3.8, 4) is 0 Å². The minimum Gasteiger partial charge on any atom is -0.481 e. The summed E-state index contributed by atoms with van der Waals surface area (Å²) in [6.45, 7) is 2.09. The summed E-state index contributed by atoms with van der Waals surface area (Å²) in [6.07, 6.45) is 1.92. The van der Waals surface area contributed by atoms with Crippen LogP contribution in [0.25, 0.3) is 0 Å². The number of rotatable bonds is 6. The monoisotopic (exact) mass is 292 g/mol. The molecule has 0 bridgehead atoms. The Bertz CT molecular complexity index is 574. The first-order chi connectivity index (χ1) is 9.58. The van der Waals surface area contributed by atoms with Crippen LogP contribution < -0.4 is 0 Å². The second-order valence-electron chi connectivity index (χ2n) is 4.79. The lowest BCUT2D eigenvalue weighted by molar-refractivity contribution is -0.141. The van der Waals surface area contributed by atoms with E-state index in [0.29, 0.717) is 12.8 Å². The van der Waals surface area contributed by atoms with Crippen molar-refractivity contribution in [1.82, 2.24) is 0 Å². The maximum atomic E-state index is 12.9. The molecule has 0 radical (unpaired) electrons. The van der Waals surface area contributed by atoms with Gasteiger partial charge in [0.2, 0.25) is 0 Å². The number of hydrogen-bond donors (Lipinski definition) is 1. The van der Waals surface area contributed by atoms with Crippen molar-refractivity contribution in [3.05, 3.63) is 57.5 Å². The second kappa shape index (κ2) is 6.66. The maximum Gasteiger partial charge on any atom is 0.307 e. The third kappa shape index (κ3) is 3.90. The highest BCUT2D eigenvalue weighted by atomic mass is 32.1. The Morgan fingerprint density at radius 2 is 1.80 bits per heavy atom. The summed E-state index contributed by atoms with van der Waals surface area (Å²) in [5, 5.41) is 9.35. The summed E-state index contributed by atoms with van der Waals surface area (Å²) < 4.78 is 12.9. The van der Waals surface area contributed by atoms with Gasteiger partial charge in [-0.25, -0.2) is 4.39 Å². The molecule has 0 aliphatic rings. The normalized spacial score (nSPS) is 12.3. The molecular weight excluding hydrogens is 275 g/mol. The molecule has 20 heavy (non-hydrogen) atoms. The fourth-order valence-electron chi connectivity index (χ4n) is 2.12. The van der Waals surface area contributed by atoms with Gasteiger partial charge in [-0.1, -0.05) is 19.1 Å². The molecule has 2 aromatic rings. The minimum absolute atomic E-state index is 0.300. The molecule has 1 unspecified atom stereocenters. The maximum absolute atomic E-state index is 12.9. The molecule has 0 saturated carbocycles. The number of aliphatic carboxylic acids is 1. The van der Waals surface area contributed by atoms with Crippen molar-refractivity contribution in [2.75, 3.05) is 0 Å². The molecule has 1 heterocycles. The Kier molecular flexibility index (Phi) is 4.90. The molecule has 1 aromatic heterocycles. The van der Waals surface area contributed by atoms with Gasteiger partial charge in [-0.05, 0) is 49.1 Å². The standard InChI is InChI=1S/C16H17FO2S/c1-2-14-7-8-15(20-14)10-12(16(18)19)9-11-3-5-13(17)6-4-11/h3-8,12H,2,9-10H2,1H3,(H,18,19). The highest BCUT2D eigenvalue weighted by Gasteiger charge is 2.19. The van der Waals surface area contributed by atoms with Gasteiger partial charge in [0.15, 0.2) is 0 Å². The van der Waals surface area contributed by atoms with Crippen LogP contribution in [0.4, 0.5) is 4.39 Å². The van der Waals surface area contributed by atoms with Crippen molar-refractivity contribution in [2.24, 2.45) is 5.92 Å². The van der Waals surface area contributed by atoms with Gasteiger partial charge in [-0.15, -0.1) is 11.3 Å². The zero-order valence-electron chi connectivity index (χ0n) is 11.3. The Hall–Kier alpha value is -1.68. The highest BCUT2D eigenvalue weighted by Crippen LogP contribution is 2.22. The molecule has 0 amide bonds. The average Bonchev–Trinajstić information content (AvgIpc) is 2.88. The van der Waals surface area contributed by atoms with E-state index >= 15 is 0 Å². The van der Waals surface area contributed by atoms with Crippen LogP contribution in [0.15, 0.2) is 36.4 Å². The van der Waals surface area contributed by atoms with Crippen LogP contribution in [-0.4, -0.2) is 11.1 Å². The van der Waals surface area contributed by atoms with Crippen LogP contribution in [0.5, 0.6) is 0 Å². The molecule has 2 rings (SSSR count). The van der Waals surface area contributed by atoms with Gasteiger partial charge in [-0.2, -0.15) is 0 Å². The molecule has 0 fully saturated rings. The van der Waals surface area contributed by atoms with Gasteiger partial charge in [0.05, 0.1) is 5.92 Å². The van der Waals surface area contributed by atoms with E-state index in [1.165, 1.54) is 17.0 Å². The number of carbonyl (C=O) groups is 1. The largest absolute Gasteiger partial charge is 0.481 e. The number of hydrogen-bond acceptors (Lipinski definition) is 2. The zero-order chi connectivity index (χ0) is 14.5. The first-order valence-electron chi connectivity index (χ1n) is 6.63. The Morgan fingerprint density at radius 3 is 2.35 bits per heavy atom. The first kappa shape index (κ1) is 14.7. The van der Waals surface area contributed by atoms with E-state index in [0.717, 1.165) is 16.9 Å². The lowest BCUT2D eigenvalue weighted by Crippen LogP contribution is -2.18. The van der Waals surface area contributed by atoms with Crippen LogP contribution >= 0.6 is 11.3 Å². The average molecular weight is 292 g/mol. The molecule has 1 atom stereocenters. The van der Waals surface area contributed by atoms with E-state index in [-0.39, 0.29) is 5.82 Å². The number of thiophene rings is 1. The minimum atomic E-state index is -0.805. The molecule has 0 aliphatic heterocycles. The first-order valence-corrected chi connectivity index (χ1v) is 7.45. The molecule has 0 aliphatic carbocycles. The molecule has 4 heteroatoms. The van der Waals surface area contributed by atoms with E-state index in [2.05, 4.69) is 13.0 Å². The Morgan fingerprint density at radius 1 is 1.15 bits per heavy atom. The van der Waals surface area contributed by atoms with Gasteiger partial charge in [0.25, 0.3) is 0 Å². The van der Waals surface area contributed by atoms with Gasteiger partial charge in [-0.3, -0.25) is 4.79 Å². The van der Waals surface area contributed by atoms with Gasteiger partial charge >= 0.3 is 5.97 Å². The third-order valence-electron chi connectivity index (χ3n) is 3.26. The molecular formula is C16H17FO2S. The van der Waals surface area contributed by atoms with Crippen molar-refractivity contribution in [1.29, 1.82) is 0 Å². The smallest absolute Gasteiger partial charge is 0.307 e. The van der Waals surface area contributed by atoms with Crippen LogP contribution in [0.2, 0.25) is 0 Å². The van der Waals surface area contributed by atoms with Crippen LogP contribution in [0, 0.1) is 11.7 Å². The quantitative estimate of drug-likeness (QED) is 0.875. The van der Waals surface area contributed by atoms with Crippen molar-refractivity contribution < 1.29 is 14.3 Å². The molecule has 2 nitrogen and oxygen atoms in total. The van der Waals surface area contributed by atoms with E-state index in [1.807, 2.05) is 6.07 Å². The lowest BCUT2D eigenvalue weighted by atomic mass is 9.95. The van der Waals surface area contributed by atoms with Crippen LogP contribution in [-0.2, 0) is 24.1 Å². The fraction of sp³-hybridized carbons (Fsp3) is 0.312. The second-order valence-corrected chi connectivity index (χ2v) is 6.04. The van der Waals surface area contributed by atoms with Crippen LogP contribution in [0.1, 0.15) is 22.2 Å². The highest BCUT2D eigenvalue weighted by molar-refractivity contribution is 7.12. The van der Waals surface area contributed by atoms with E-state index in [1.54, 1.807) is 23.5 Å². The Labute approximate surface area is 121 Å². The van der Waals surface area contributed by atoms with Crippen molar-refractivity contribution in [3.63, 3.8) is 0 Å². The number of halogens is 1. The topological polar surface area (TPSA) is 37.3 Å². The van der Waals surface area contributed by atoms with E-state index < -0.39 is 11.9 Å². The molecule has 1 aromatic carbocycles. The summed E-state index contributed by atoms with van der Waals surface area (Å²) in [6, 6.07) is 10.1. The number of benzene rings is 1. The zero-order valence-corrected chi connectivity index (χ0v) is 12.1. The number of carboxylic acid groups (broad SMARTS) is 1. The molecule has 106 valence electrons. The Balaban J connectivity index is 2.07. The fourth-order valence-corrected chi connectivity index (χ4v) is 3.15. The van der Waals surface area contributed by atoms with Crippen molar-refractivity contribution in [2.45, 2.75) is 26.2 Å². The van der Waals surface area contributed by atoms with E-state index in [9.17, 15) is 14.3 Å². The predicted molar refractivity (Wildman–Crippen MR) is 78.6 cm³/mol. The van der Waals surface area contributed by atoms with Gasteiger partial charge < -0.3 is 5.11 Å². The molecule has 0 saturated heterocycles. The van der Waals surface area contributed by atoms with Crippen LogP contribution in [0.3, 0.4) is 0 Å². The molecule has 1 N–H and O–H groups in total. The predicted octanol–water partition coefficient (Wildman–Crippen LogP) is 3.94. The van der Waals surface area contributed by atoms with E-state index in [4.69, 9.17) is 0 Å². The summed E-state index contributed by atoms with van der Waals surface area (Å²) in [4.78, 5) is 13.7. The van der Waals surface area contributed by atoms with Gasteiger partial charge in [0, 0.05) is 9.75 Å². The number of aryl methyl sites for hydroxylation is 1. The lowest BCUT2D eigenvalue weighted by Gasteiger charge is -2.11. The SMILES string of the molecule is CCc1ccc(CC(Cc2ccc(F)cc2)C(=O)O)s1. The summed E-state index contributed by atoms with van der Waals surface area (Å²) in [5.74, 6) is -1.57.